The molecule has 0 fully saturated rings. The Labute approximate surface area is 119 Å². The SMILES string of the molecule is CCOC(=O)c1ccccc1C=Cc1ccc(C)cc1. The summed E-state index contributed by atoms with van der Waals surface area (Å²) in [6, 6.07) is 15.7. The van der Waals surface area contributed by atoms with E-state index in [0.29, 0.717) is 12.2 Å². The van der Waals surface area contributed by atoms with Crippen molar-refractivity contribution in [2.24, 2.45) is 0 Å². The fourth-order valence-corrected chi connectivity index (χ4v) is 1.90. The number of carbonyl (C=O) groups excluding carboxylic acids is 1. The number of hydrogen-bond donors (Lipinski definition) is 0. The summed E-state index contributed by atoms with van der Waals surface area (Å²) >= 11 is 0. The van der Waals surface area contributed by atoms with Crippen LogP contribution >= 0.6 is 0 Å². The molecule has 20 heavy (non-hydrogen) atoms. The standard InChI is InChI=1S/C18H18O2/c1-3-20-18(19)17-7-5-4-6-16(17)13-12-15-10-8-14(2)9-11-15/h4-13H,3H2,1-2H3. The molecule has 0 bridgehead atoms. The molecule has 0 radical (unpaired) electrons. The third-order valence-corrected chi connectivity index (χ3v) is 2.99. The second kappa shape index (κ2) is 6.71. The minimum absolute atomic E-state index is 0.281. The first-order valence-corrected chi connectivity index (χ1v) is 6.71. The van der Waals surface area contributed by atoms with E-state index < -0.39 is 0 Å². The Morgan fingerprint density at radius 2 is 1.75 bits per heavy atom. The Balaban J connectivity index is 2.24. The van der Waals surface area contributed by atoms with Gasteiger partial charge in [0.15, 0.2) is 0 Å². The van der Waals surface area contributed by atoms with Crippen LogP contribution < -0.4 is 0 Å². The second-order valence-corrected chi connectivity index (χ2v) is 4.55. The molecule has 0 saturated carbocycles. The predicted octanol–water partition coefficient (Wildman–Crippen LogP) is 4.34. The molecular weight excluding hydrogens is 248 g/mol. The van der Waals surface area contributed by atoms with E-state index in [1.54, 1.807) is 6.07 Å². The van der Waals surface area contributed by atoms with Crippen molar-refractivity contribution in [3.8, 4) is 0 Å². The molecule has 0 aliphatic heterocycles. The first-order chi connectivity index (χ1) is 9.70. The van der Waals surface area contributed by atoms with E-state index in [1.165, 1.54) is 5.56 Å². The van der Waals surface area contributed by atoms with Crippen LogP contribution in [0.5, 0.6) is 0 Å². The van der Waals surface area contributed by atoms with E-state index in [9.17, 15) is 4.79 Å². The Morgan fingerprint density at radius 3 is 2.45 bits per heavy atom. The van der Waals surface area contributed by atoms with Crippen molar-refractivity contribution < 1.29 is 9.53 Å². The summed E-state index contributed by atoms with van der Waals surface area (Å²) in [4.78, 5) is 11.9. The van der Waals surface area contributed by atoms with Crippen molar-refractivity contribution in [2.45, 2.75) is 13.8 Å². The van der Waals surface area contributed by atoms with Crippen LogP contribution in [0.3, 0.4) is 0 Å². The topological polar surface area (TPSA) is 26.3 Å². The molecule has 0 atom stereocenters. The maximum absolute atomic E-state index is 11.9. The molecule has 0 unspecified atom stereocenters. The second-order valence-electron chi connectivity index (χ2n) is 4.55. The van der Waals surface area contributed by atoms with Gasteiger partial charge in [0.1, 0.15) is 0 Å². The molecule has 0 spiro atoms. The summed E-state index contributed by atoms with van der Waals surface area (Å²) in [5.74, 6) is -0.281. The third-order valence-electron chi connectivity index (χ3n) is 2.99. The highest BCUT2D eigenvalue weighted by Gasteiger charge is 2.09. The van der Waals surface area contributed by atoms with Crippen LogP contribution in [0.15, 0.2) is 48.5 Å². The Bertz CT molecular complexity index is 610. The molecule has 0 aliphatic rings. The van der Waals surface area contributed by atoms with Gasteiger partial charge in [0.25, 0.3) is 0 Å². The van der Waals surface area contributed by atoms with Gasteiger partial charge in [-0.05, 0) is 31.0 Å². The maximum atomic E-state index is 11.9. The summed E-state index contributed by atoms with van der Waals surface area (Å²) in [6.07, 6.45) is 3.94. The van der Waals surface area contributed by atoms with Crippen molar-refractivity contribution in [2.75, 3.05) is 6.61 Å². The lowest BCUT2D eigenvalue weighted by Gasteiger charge is -2.05. The van der Waals surface area contributed by atoms with E-state index >= 15 is 0 Å². The van der Waals surface area contributed by atoms with Gasteiger partial charge in [-0.1, -0.05) is 60.2 Å². The van der Waals surface area contributed by atoms with Crippen LogP contribution in [0.1, 0.15) is 34.0 Å². The quantitative estimate of drug-likeness (QED) is 0.607. The monoisotopic (exact) mass is 266 g/mol. The third kappa shape index (κ3) is 3.58. The first kappa shape index (κ1) is 14.1. The maximum Gasteiger partial charge on any atom is 0.338 e. The number of ether oxygens (including phenoxy) is 1. The molecule has 0 aliphatic carbocycles. The minimum Gasteiger partial charge on any atom is -0.462 e. The van der Waals surface area contributed by atoms with Crippen LogP contribution in [0, 0.1) is 6.92 Å². The Hall–Kier alpha value is -2.35. The zero-order chi connectivity index (χ0) is 14.4. The van der Waals surface area contributed by atoms with Crippen LogP contribution in [0.4, 0.5) is 0 Å². The smallest absolute Gasteiger partial charge is 0.338 e. The molecule has 2 rings (SSSR count). The largest absolute Gasteiger partial charge is 0.462 e. The number of rotatable bonds is 4. The molecule has 2 aromatic carbocycles. The van der Waals surface area contributed by atoms with Crippen molar-refractivity contribution in [3.05, 3.63) is 70.8 Å². The molecule has 102 valence electrons. The number of esters is 1. The summed E-state index contributed by atoms with van der Waals surface area (Å²) in [6.45, 7) is 4.25. The number of aryl methyl sites for hydroxylation is 1. The lowest BCUT2D eigenvalue weighted by atomic mass is 10.1. The molecule has 2 heteroatoms. The molecule has 0 saturated heterocycles. The van der Waals surface area contributed by atoms with Crippen molar-refractivity contribution in [1.29, 1.82) is 0 Å². The van der Waals surface area contributed by atoms with Gasteiger partial charge < -0.3 is 4.74 Å². The van der Waals surface area contributed by atoms with Crippen LogP contribution in [0.2, 0.25) is 0 Å². The lowest BCUT2D eigenvalue weighted by molar-refractivity contribution is 0.0526. The molecule has 0 amide bonds. The highest BCUT2D eigenvalue weighted by atomic mass is 16.5. The van der Waals surface area contributed by atoms with E-state index in [1.807, 2.05) is 37.3 Å². The fraction of sp³-hybridized carbons (Fsp3) is 0.167. The van der Waals surface area contributed by atoms with Gasteiger partial charge >= 0.3 is 5.97 Å². The van der Waals surface area contributed by atoms with Crippen LogP contribution in [-0.2, 0) is 4.74 Å². The van der Waals surface area contributed by atoms with Gasteiger partial charge in [-0.15, -0.1) is 0 Å². The number of carbonyl (C=O) groups is 1. The van der Waals surface area contributed by atoms with E-state index in [2.05, 4.69) is 31.2 Å². The van der Waals surface area contributed by atoms with Crippen molar-refractivity contribution in [1.82, 2.24) is 0 Å². The lowest BCUT2D eigenvalue weighted by Crippen LogP contribution is -2.06. The summed E-state index contributed by atoms with van der Waals surface area (Å²) in [7, 11) is 0. The van der Waals surface area contributed by atoms with Gasteiger partial charge in [0.2, 0.25) is 0 Å². The summed E-state index contributed by atoms with van der Waals surface area (Å²) < 4.78 is 5.06. The average Bonchev–Trinajstić information content (AvgIpc) is 2.47. The fourth-order valence-electron chi connectivity index (χ4n) is 1.90. The van der Waals surface area contributed by atoms with E-state index in [-0.39, 0.29) is 5.97 Å². The zero-order valence-corrected chi connectivity index (χ0v) is 11.8. The molecule has 0 aromatic heterocycles. The highest BCUT2D eigenvalue weighted by Crippen LogP contribution is 2.15. The minimum atomic E-state index is -0.281. The molecule has 0 heterocycles. The van der Waals surface area contributed by atoms with Crippen molar-refractivity contribution in [3.63, 3.8) is 0 Å². The van der Waals surface area contributed by atoms with Crippen LogP contribution in [0.25, 0.3) is 12.2 Å². The Morgan fingerprint density at radius 1 is 1.05 bits per heavy atom. The van der Waals surface area contributed by atoms with Gasteiger partial charge in [0.05, 0.1) is 12.2 Å². The summed E-state index contributed by atoms with van der Waals surface area (Å²) in [5.41, 5.74) is 3.80. The number of benzene rings is 2. The van der Waals surface area contributed by atoms with E-state index in [4.69, 9.17) is 4.74 Å². The van der Waals surface area contributed by atoms with Gasteiger partial charge in [-0.25, -0.2) is 4.79 Å². The number of hydrogen-bond acceptors (Lipinski definition) is 2. The average molecular weight is 266 g/mol. The first-order valence-electron chi connectivity index (χ1n) is 6.71. The van der Waals surface area contributed by atoms with Gasteiger partial charge in [-0.2, -0.15) is 0 Å². The van der Waals surface area contributed by atoms with Crippen molar-refractivity contribution >= 4 is 18.1 Å². The molecule has 0 N–H and O–H groups in total. The highest BCUT2D eigenvalue weighted by molar-refractivity contribution is 5.94. The van der Waals surface area contributed by atoms with Crippen LogP contribution in [-0.4, -0.2) is 12.6 Å². The zero-order valence-electron chi connectivity index (χ0n) is 11.8. The molecular formula is C18H18O2. The van der Waals surface area contributed by atoms with E-state index in [0.717, 1.165) is 11.1 Å². The normalized spacial score (nSPS) is 10.7. The Kier molecular flexibility index (Phi) is 4.72. The van der Waals surface area contributed by atoms with Gasteiger partial charge in [0, 0.05) is 0 Å². The molecule has 2 nitrogen and oxygen atoms in total. The molecule has 2 aromatic rings. The van der Waals surface area contributed by atoms with Gasteiger partial charge in [-0.3, -0.25) is 0 Å². The summed E-state index contributed by atoms with van der Waals surface area (Å²) in [5, 5.41) is 0. The predicted molar refractivity (Wildman–Crippen MR) is 82.5 cm³/mol.